The first-order valence-corrected chi connectivity index (χ1v) is 8.59. The van der Waals surface area contributed by atoms with Crippen molar-refractivity contribution in [1.82, 2.24) is 5.43 Å². The van der Waals surface area contributed by atoms with Crippen molar-refractivity contribution in [1.29, 1.82) is 0 Å². The number of phenolic OH excluding ortho intramolecular Hbond substituents is 1. The topological polar surface area (TPSA) is 80.2 Å². The maximum absolute atomic E-state index is 11.8. The molecular formula is C17H15Cl3N2O4. The van der Waals surface area contributed by atoms with E-state index in [1.54, 1.807) is 31.2 Å². The quantitative estimate of drug-likeness (QED) is 0.520. The lowest BCUT2D eigenvalue weighted by Crippen LogP contribution is -2.24. The highest BCUT2D eigenvalue weighted by Crippen LogP contribution is 2.39. The van der Waals surface area contributed by atoms with Crippen LogP contribution in [0.2, 0.25) is 15.1 Å². The summed E-state index contributed by atoms with van der Waals surface area (Å²) in [6.45, 7) is 1.83. The summed E-state index contributed by atoms with van der Waals surface area (Å²) in [5.74, 6) is -0.120. The van der Waals surface area contributed by atoms with Gasteiger partial charge in [-0.2, -0.15) is 5.10 Å². The van der Waals surface area contributed by atoms with Crippen LogP contribution in [0.25, 0.3) is 0 Å². The zero-order valence-electron chi connectivity index (χ0n) is 13.6. The number of hydrazone groups is 1. The third-order valence-corrected chi connectivity index (χ3v) is 4.08. The molecule has 0 aliphatic carbocycles. The van der Waals surface area contributed by atoms with Gasteiger partial charge < -0.3 is 14.6 Å². The maximum Gasteiger partial charge on any atom is 0.277 e. The van der Waals surface area contributed by atoms with Crippen molar-refractivity contribution in [2.45, 2.75) is 6.92 Å². The largest absolute Gasteiger partial charge is 0.504 e. The molecule has 2 aromatic carbocycles. The van der Waals surface area contributed by atoms with Gasteiger partial charge in [-0.15, -0.1) is 0 Å². The molecule has 6 nitrogen and oxygen atoms in total. The standard InChI is InChI=1S/C17H15Cl3N2O4/c1-2-25-14-7-13(19)16(20)12(17(14)24)8-21-22-15(23)9-26-11-5-3-4-10(18)6-11/h3-8,24H,2,9H2,1H3,(H,22,23)/b21-8-. The fraction of sp³-hybridized carbons (Fsp3) is 0.176. The highest BCUT2D eigenvalue weighted by molar-refractivity contribution is 6.43. The Morgan fingerprint density at radius 2 is 2.04 bits per heavy atom. The molecule has 9 heteroatoms. The van der Waals surface area contributed by atoms with Gasteiger partial charge in [0, 0.05) is 11.1 Å². The lowest BCUT2D eigenvalue weighted by Gasteiger charge is -2.10. The molecule has 0 saturated carbocycles. The summed E-state index contributed by atoms with van der Waals surface area (Å²) in [6.07, 6.45) is 1.17. The SMILES string of the molecule is CCOc1cc(Cl)c(Cl)c(/C=N\NC(=O)COc2cccc(Cl)c2)c1O. The maximum atomic E-state index is 11.8. The minimum Gasteiger partial charge on any atom is -0.504 e. The first-order valence-electron chi connectivity index (χ1n) is 7.46. The van der Waals surface area contributed by atoms with Crippen LogP contribution in [-0.4, -0.2) is 30.4 Å². The Morgan fingerprint density at radius 1 is 1.27 bits per heavy atom. The number of rotatable bonds is 7. The van der Waals surface area contributed by atoms with Gasteiger partial charge in [-0.05, 0) is 25.1 Å². The second-order valence-electron chi connectivity index (χ2n) is 4.91. The monoisotopic (exact) mass is 416 g/mol. The average molecular weight is 418 g/mol. The molecule has 0 aliphatic rings. The molecule has 0 aliphatic heterocycles. The predicted octanol–water partition coefficient (Wildman–Crippen LogP) is 4.28. The van der Waals surface area contributed by atoms with E-state index >= 15 is 0 Å². The van der Waals surface area contributed by atoms with Crippen LogP contribution in [0, 0.1) is 0 Å². The summed E-state index contributed by atoms with van der Waals surface area (Å²) in [5, 5.41) is 14.7. The molecule has 26 heavy (non-hydrogen) atoms. The van der Waals surface area contributed by atoms with Gasteiger partial charge in [0.15, 0.2) is 18.1 Å². The van der Waals surface area contributed by atoms with E-state index < -0.39 is 5.91 Å². The molecule has 0 saturated heterocycles. The molecule has 0 spiro atoms. The van der Waals surface area contributed by atoms with Crippen LogP contribution in [0.5, 0.6) is 17.2 Å². The zero-order valence-corrected chi connectivity index (χ0v) is 15.9. The van der Waals surface area contributed by atoms with Crippen molar-refractivity contribution in [3.05, 3.63) is 51.0 Å². The number of amides is 1. The van der Waals surface area contributed by atoms with Gasteiger partial charge in [0.2, 0.25) is 0 Å². The second kappa shape index (κ2) is 9.52. The number of phenols is 1. The van der Waals surface area contributed by atoms with Gasteiger partial charge in [-0.25, -0.2) is 5.43 Å². The fourth-order valence-electron chi connectivity index (χ4n) is 1.90. The van der Waals surface area contributed by atoms with Gasteiger partial charge in [0.05, 0.1) is 28.4 Å². The minimum atomic E-state index is -0.510. The van der Waals surface area contributed by atoms with Gasteiger partial charge in [-0.1, -0.05) is 40.9 Å². The summed E-state index contributed by atoms with van der Waals surface area (Å²) in [5.41, 5.74) is 2.38. The third kappa shape index (κ3) is 5.42. The second-order valence-corrected chi connectivity index (χ2v) is 6.13. The van der Waals surface area contributed by atoms with Gasteiger partial charge in [0.1, 0.15) is 5.75 Å². The smallest absolute Gasteiger partial charge is 0.277 e. The van der Waals surface area contributed by atoms with Crippen LogP contribution in [0.15, 0.2) is 35.4 Å². The molecule has 0 atom stereocenters. The van der Waals surface area contributed by atoms with Crippen molar-refractivity contribution in [2.75, 3.05) is 13.2 Å². The molecule has 1 amide bonds. The van der Waals surface area contributed by atoms with Crippen LogP contribution in [0.1, 0.15) is 12.5 Å². The van der Waals surface area contributed by atoms with E-state index in [1.165, 1.54) is 12.3 Å². The van der Waals surface area contributed by atoms with Crippen LogP contribution in [0.4, 0.5) is 0 Å². The molecule has 0 aromatic heterocycles. The number of benzene rings is 2. The van der Waals surface area contributed by atoms with Crippen molar-refractivity contribution in [2.24, 2.45) is 5.10 Å². The normalized spacial score (nSPS) is 10.8. The Balaban J connectivity index is 2.00. The summed E-state index contributed by atoms with van der Waals surface area (Å²) < 4.78 is 10.5. The number of nitrogens with zero attached hydrogens (tertiary/aromatic N) is 1. The number of carbonyl (C=O) groups is 1. The van der Waals surface area contributed by atoms with Crippen LogP contribution in [-0.2, 0) is 4.79 Å². The van der Waals surface area contributed by atoms with E-state index in [0.717, 1.165) is 0 Å². The molecule has 0 heterocycles. The number of aromatic hydroxyl groups is 1. The molecular weight excluding hydrogens is 403 g/mol. The zero-order chi connectivity index (χ0) is 19.1. The first kappa shape index (κ1) is 20.2. The van der Waals surface area contributed by atoms with Crippen LogP contribution >= 0.6 is 34.8 Å². The number of hydrogen-bond acceptors (Lipinski definition) is 5. The van der Waals surface area contributed by atoms with Crippen LogP contribution in [0.3, 0.4) is 0 Å². The molecule has 0 fully saturated rings. The fourth-order valence-corrected chi connectivity index (χ4v) is 2.48. The van der Waals surface area contributed by atoms with Crippen molar-refractivity contribution < 1.29 is 19.4 Å². The Morgan fingerprint density at radius 3 is 2.73 bits per heavy atom. The van der Waals surface area contributed by atoms with E-state index in [-0.39, 0.29) is 33.7 Å². The third-order valence-electron chi connectivity index (χ3n) is 3.04. The first-order chi connectivity index (χ1) is 12.4. The van der Waals surface area contributed by atoms with E-state index in [9.17, 15) is 9.90 Å². The summed E-state index contributed by atoms with van der Waals surface area (Å²) in [7, 11) is 0. The molecule has 2 aromatic rings. The lowest BCUT2D eigenvalue weighted by molar-refractivity contribution is -0.123. The highest BCUT2D eigenvalue weighted by Gasteiger charge is 2.15. The number of nitrogens with one attached hydrogen (secondary N) is 1. The van der Waals surface area contributed by atoms with Crippen molar-refractivity contribution >= 4 is 46.9 Å². The van der Waals surface area contributed by atoms with Gasteiger partial charge in [-0.3, -0.25) is 4.79 Å². The van der Waals surface area contributed by atoms with Gasteiger partial charge in [0.25, 0.3) is 5.91 Å². The molecule has 138 valence electrons. The molecule has 0 unspecified atom stereocenters. The highest BCUT2D eigenvalue weighted by atomic mass is 35.5. The Labute approximate surface area is 165 Å². The number of hydrogen-bond donors (Lipinski definition) is 2. The van der Waals surface area contributed by atoms with E-state index in [4.69, 9.17) is 44.3 Å². The Hall–Kier alpha value is -2.15. The van der Waals surface area contributed by atoms with Gasteiger partial charge >= 0.3 is 0 Å². The lowest BCUT2D eigenvalue weighted by atomic mass is 10.2. The molecule has 2 N–H and O–H groups in total. The average Bonchev–Trinajstić information content (AvgIpc) is 2.61. The summed E-state index contributed by atoms with van der Waals surface area (Å²) >= 11 is 17.9. The minimum absolute atomic E-state index is 0.0841. The molecule has 0 radical (unpaired) electrons. The van der Waals surface area contributed by atoms with Crippen molar-refractivity contribution in [3.8, 4) is 17.2 Å². The van der Waals surface area contributed by atoms with Crippen molar-refractivity contribution in [3.63, 3.8) is 0 Å². The Kier molecular flexibility index (Phi) is 7.38. The Bertz CT molecular complexity index is 828. The van der Waals surface area contributed by atoms with E-state index in [0.29, 0.717) is 17.4 Å². The molecule has 0 bridgehead atoms. The van der Waals surface area contributed by atoms with E-state index in [1.807, 2.05) is 0 Å². The van der Waals surface area contributed by atoms with E-state index in [2.05, 4.69) is 10.5 Å². The summed E-state index contributed by atoms with van der Waals surface area (Å²) in [4.78, 5) is 11.8. The predicted molar refractivity (Wildman–Crippen MR) is 102 cm³/mol. The van der Waals surface area contributed by atoms with Crippen LogP contribution < -0.4 is 14.9 Å². The number of ether oxygens (including phenoxy) is 2. The molecule has 2 rings (SSSR count). The number of carbonyl (C=O) groups excluding carboxylic acids is 1. The summed E-state index contributed by atoms with van der Waals surface area (Å²) in [6, 6.07) is 8.04. The number of halogens is 3.